The Morgan fingerprint density at radius 1 is 0.275 bits per heavy atom. The SMILES string of the molecule is CC(C)CCCCCCCCCCCCCCCC(=O)O[C@H](COC(=O)CCCCCCCCCCC(C)C)COP(=O)(O)OC[C@@H](O)COP(=O)(O)OC[C@@H](COC(=O)CCCCCCCCC(C)C)OC(=O)CCCCCCCCCCCCCCC(C)C. The van der Waals surface area contributed by atoms with E-state index < -0.39 is 97.5 Å². The molecule has 0 saturated heterocycles. The Balaban J connectivity index is 5.23. The number of aliphatic hydroxyl groups excluding tert-OH is 1. The molecule has 2 unspecified atom stereocenters. The normalized spacial score (nSPS) is 14.2. The first-order chi connectivity index (χ1) is 43.6. The van der Waals surface area contributed by atoms with Gasteiger partial charge in [-0.1, -0.05) is 306 Å². The van der Waals surface area contributed by atoms with Crippen LogP contribution in [-0.2, 0) is 65.4 Å². The van der Waals surface area contributed by atoms with Crippen LogP contribution < -0.4 is 0 Å². The van der Waals surface area contributed by atoms with E-state index in [4.69, 9.17) is 37.0 Å². The Labute approximate surface area is 556 Å². The summed E-state index contributed by atoms with van der Waals surface area (Å²) in [5.74, 6) is 0.841. The molecular weight excluding hydrogens is 1200 g/mol. The van der Waals surface area contributed by atoms with E-state index in [1.54, 1.807) is 0 Å². The smallest absolute Gasteiger partial charge is 0.462 e. The van der Waals surface area contributed by atoms with Gasteiger partial charge in [0.2, 0.25) is 0 Å². The maximum absolute atomic E-state index is 13.0. The van der Waals surface area contributed by atoms with Crippen molar-refractivity contribution in [2.45, 2.75) is 375 Å². The Morgan fingerprint density at radius 3 is 0.681 bits per heavy atom. The summed E-state index contributed by atoms with van der Waals surface area (Å²) in [5.41, 5.74) is 0. The number of phosphoric acid groups is 2. The van der Waals surface area contributed by atoms with Gasteiger partial charge < -0.3 is 33.8 Å². The minimum absolute atomic E-state index is 0.105. The van der Waals surface area contributed by atoms with Gasteiger partial charge in [0.1, 0.15) is 19.3 Å². The van der Waals surface area contributed by atoms with Crippen molar-refractivity contribution in [1.82, 2.24) is 0 Å². The predicted octanol–water partition coefficient (Wildman–Crippen LogP) is 20.5. The van der Waals surface area contributed by atoms with E-state index in [0.29, 0.717) is 31.6 Å². The lowest BCUT2D eigenvalue weighted by molar-refractivity contribution is -0.161. The lowest BCUT2D eigenvalue weighted by Gasteiger charge is -2.21. The minimum atomic E-state index is -4.95. The third-order valence-corrected chi connectivity index (χ3v) is 18.5. The molecule has 0 aromatic rings. The molecule has 0 rings (SSSR count). The topological polar surface area (TPSA) is 237 Å². The molecule has 19 heteroatoms. The van der Waals surface area contributed by atoms with Crippen molar-refractivity contribution in [3.63, 3.8) is 0 Å². The highest BCUT2D eigenvalue weighted by Crippen LogP contribution is 2.45. The molecule has 91 heavy (non-hydrogen) atoms. The summed E-state index contributed by atoms with van der Waals surface area (Å²) >= 11 is 0. The molecular formula is C72H140O17P2. The Morgan fingerprint density at radius 2 is 0.462 bits per heavy atom. The van der Waals surface area contributed by atoms with Crippen LogP contribution in [0.3, 0.4) is 0 Å². The van der Waals surface area contributed by atoms with Crippen molar-refractivity contribution in [2.75, 3.05) is 39.6 Å². The number of esters is 4. The van der Waals surface area contributed by atoms with Crippen molar-refractivity contribution >= 4 is 39.5 Å². The van der Waals surface area contributed by atoms with Crippen LogP contribution >= 0.6 is 15.6 Å². The lowest BCUT2D eigenvalue weighted by atomic mass is 10.0. The summed E-state index contributed by atoms with van der Waals surface area (Å²) in [6, 6.07) is 0. The van der Waals surface area contributed by atoms with Gasteiger partial charge in [-0.3, -0.25) is 37.3 Å². The highest BCUT2D eigenvalue weighted by Gasteiger charge is 2.30. The van der Waals surface area contributed by atoms with Crippen LogP contribution in [0.5, 0.6) is 0 Å². The highest BCUT2D eigenvalue weighted by atomic mass is 31.2. The summed E-state index contributed by atoms with van der Waals surface area (Å²) in [7, 11) is -9.91. The summed E-state index contributed by atoms with van der Waals surface area (Å²) in [4.78, 5) is 72.6. The van der Waals surface area contributed by atoms with Crippen molar-refractivity contribution in [3.8, 4) is 0 Å². The second kappa shape index (κ2) is 61.6. The number of hydrogen-bond donors (Lipinski definition) is 3. The number of unbranched alkanes of at least 4 members (excludes halogenated alkanes) is 35. The maximum atomic E-state index is 13.0. The van der Waals surface area contributed by atoms with Gasteiger partial charge in [0.05, 0.1) is 26.4 Å². The van der Waals surface area contributed by atoms with E-state index >= 15 is 0 Å². The van der Waals surface area contributed by atoms with Crippen LogP contribution in [0.4, 0.5) is 0 Å². The monoisotopic (exact) mass is 1340 g/mol. The summed E-state index contributed by atoms with van der Waals surface area (Å²) in [6.45, 7) is 14.1. The first-order valence-corrected chi connectivity index (χ1v) is 40.2. The van der Waals surface area contributed by atoms with Gasteiger partial charge in [-0.05, 0) is 49.4 Å². The number of hydrogen-bond acceptors (Lipinski definition) is 15. The number of rotatable bonds is 69. The van der Waals surface area contributed by atoms with Crippen LogP contribution in [0.15, 0.2) is 0 Å². The van der Waals surface area contributed by atoms with Crippen molar-refractivity contribution in [1.29, 1.82) is 0 Å². The standard InChI is InChI=1S/C72H140O17P2/c1-62(2)48-40-32-24-18-14-10-9-11-16-20-28-38-46-54-71(76)88-67(58-82-69(74)52-44-36-27-23-22-26-34-42-50-64(5)6)60-86-90(78,79)84-56-66(73)57-85-91(80,81)87-61-68(59-83-70(75)53-45-37-31-30-35-43-51-65(7)8)89-72(77)55-47-39-29-21-17-13-12-15-19-25-33-41-49-63(3)4/h62-68,73H,9-61H2,1-8H3,(H,78,79)(H,80,81)/t66-,67-,68-/m1/s1. The zero-order valence-electron chi connectivity index (χ0n) is 59.5. The van der Waals surface area contributed by atoms with Gasteiger partial charge in [-0.2, -0.15) is 0 Å². The predicted molar refractivity (Wildman–Crippen MR) is 367 cm³/mol. The van der Waals surface area contributed by atoms with E-state index in [9.17, 15) is 43.2 Å². The average Bonchev–Trinajstić information content (AvgIpc) is 3.29. The van der Waals surface area contributed by atoms with Crippen molar-refractivity contribution in [2.24, 2.45) is 23.7 Å². The van der Waals surface area contributed by atoms with E-state index in [1.807, 2.05) is 0 Å². The fraction of sp³-hybridized carbons (Fsp3) is 0.944. The lowest BCUT2D eigenvalue weighted by Crippen LogP contribution is -2.30. The Bertz CT molecular complexity index is 1800. The van der Waals surface area contributed by atoms with Crippen LogP contribution in [0, 0.1) is 23.7 Å². The van der Waals surface area contributed by atoms with E-state index in [-0.39, 0.29) is 25.7 Å². The third kappa shape index (κ3) is 66.5. The molecule has 0 bridgehead atoms. The number of carbonyl (C=O) groups is 4. The second-order valence-corrected chi connectivity index (χ2v) is 30.8. The summed E-state index contributed by atoms with van der Waals surface area (Å²) in [6.07, 6.45) is 44.6. The van der Waals surface area contributed by atoms with E-state index in [1.165, 1.54) is 154 Å². The third-order valence-electron chi connectivity index (χ3n) is 16.6. The molecule has 0 saturated carbocycles. The number of aliphatic hydroxyl groups is 1. The first-order valence-electron chi connectivity index (χ1n) is 37.2. The molecule has 540 valence electrons. The van der Waals surface area contributed by atoms with Gasteiger partial charge in [0, 0.05) is 25.7 Å². The molecule has 17 nitrogen and oxygen atoms in total. The minimum Gasteiger partial charge on any atom is -0.462 e. The quantitative estimate of drug-likeness (QED) is 0.0222. The molecule has 0 aromatic heterocycles. The molecule has 0 spiro atoms. The largest absolute Gasteiger partial charge is 0.472 e. The van der Waals surface area contributed by atoms with Gasteiger partial charge in [0.15, 0.2) is 12.2 Å². The molecule has 0 aliphatic carbocycles. The van der Waals surface area contributed by atoms with Crippen LogP contribution in [-0.4, -0.2) is 96.7 Å². The summed E-state index contributed by atoms with van der Waals surface area (Å²) in [5, 5.41) is 10.6. The molecule has 5 atom stereocenters. The van der Waals surface area contributed by atoms with Gasteiger partial charge in [-0.25, -0.2) is 9.13 Å². The molecule has 0 radical (unpaired) electrons. The van der Waals surface area contributed by atoms with Gasteiger partial charge in [0.25, 0.3) is 0 Å². The molecule has 0 amide bonds. The van der Waals surface area contributed by atoms with Crippen molar-refractivity contribution in [3.05, 3.63) is 0 Å². The Kier molecular flexibility index (Phi) is 60.3. The molecule has 3 N–H and O–H groups in total. The average molecular weight is 1340 g/mol. The van der Waals surface area contributed by atoms with Crippen LogP contribution in [0.25, 0.3) is 0 Å². The number of phosphoric ester groups is 2. The number of carbonyl (C=O) groups excluding carboxylic acids is 4. The summed E-state index contributed by atoms with van der Waals surface area (Å²) < 4.78 is 68.3. The molecule has 0 fully saturated rings. The van der Waals surface area contributed by atoms with E-state index in [2.05, 4.69) is 55.4 Å². The van der Waals surface area contributed by atoms with Crippen molar-refractivity contribution < 1.29 is 80.2 Å². The maximum Gasteiger partial charge on any atom is 0.472 e. The zero-order valence-corrected chi connectivity index (χ0v) is 61.3. The zero-order chi connectivity index (χ0) is 67.5. The van der Waals surface area contributed by atoms with E-state index in [0.717, 1.165) is 114 Å². The first kappa shape index (κ1) is 89.1. The van der Waals surface area contributed by atoms with Gasteiger partial charge >= 0.3 is 39.5 Å². The molecule has 0 aliphatic rings. The Hall–Kier alpha value is -1.94. The fourth-order valence-electron chi connectivity index (χ4n) is 10.8. The second-order valence-electron chi connectivity index (χ2n) is 27.9. The fourth-order valence-corrected chi connectivity index (χ4v) is 12.4. The molecule has 0 aliphatic heterocycles. The van der Waals surface area contributed by atoms with Gasteiger partial charge in [-0.15, -0.1) is 0 Å². The van der Waals surface area contributed by atoms with Crippen LogP contribution in [0.1, 0.15) is 357 Å². The van der Waals surface area contributed by atoms with Crippen LogP contribution in [0.2, 0.25) is 0 Å². The molecule has 0 heterocycles. The highest BCUT2D eigenvalue weighted by molar-refractivity contribution is 7.47. The number of ether oxygens (including phenoxy) is 4. The molecule has 0 aromatic carbocycles.